The van der Waals surface area contributed by atoms with Crippen LogP contribution in [0, 0.1) is 0 Å². The van der Waals surface area contributed by atoms with Gasteiger partial charge in [0.05, 0.1) is 28.4 Å². The Balaban J connectivity index is 1.81. The third-order valence-corrected chi connectivity index (χ3v) is 7.68. The van der Waals surface area contributed by atoms with Crippen molar-refractivity contribution in [1.29, 1.82) is 0 Å². The molecular formula is C31H36N4O2S. The van der Waals surface area contributed by atoms with Crippen LogP contribution in [-0.4, -0.2) is 58.2 Å². The fraction of sp³-hybridized carbons (Fsp3) is 0.323. The van der Waals surface area contributed by atoms with Gasteiger partial charge in [-0.2, -0.15) is 0 Å². The Labute approximate surface area is 229 Å². The third kappa shape index (κ3) is 6.34. The van der Waals surface area contributed by atoms with E-state index in [0.717, 1.165) is 17.0 Å². The van der Waals surface area contributed by atoms with Crippen molar-refractivity contribution in [1.82, 2.24) is 19.4 Å². The molecule has 4 aromatic rings. The summed E-state index contributed by atoms with van der Waals surface area (Å²) in [6.45, 7) is 5.41. The Kier molecular flexibility index (Phi) is 9.37. The number of benzene rings is 3. The number of thioether (sulfide) groups is 1. The lowest BCUT2D eigenvalue weighted by Crippen LogP contribution is -2.42. The van der Waals surface area contributed by atoms with Gasteiger partial charge in [0.1, 0.15) is 5.82 Å². The van der Waals surface area contributed by atoms with Crippen LogP contribution in [0.4, 0.5) is 0 Å². The zero-order chi connectivity index (χ0) is 27.1. The summed E-state index contributed by atoms with van der Waals surface area (Å²) in [5.41, 5.74) is 2.49. The van der Waals surface area contributed by atoms with Crippen molar-refractivity contribution in [2.24, 2.45) is 0 Å². The quantitative estimate of drug-likeness (QED) is 0.238. The van der Waals surface area contributed by atoms with E-state index in [1.54, 1.807) is 4.57 Å². The molecule has 7 heteroatoms. The molecule has 6 nitrogen and oxygen atoms in total. The molecule has 3 aromatic carbocycles. The van der Waals surface area contributed by atoms with E-state index in [0.29, 0.717) is 42.0 Å². The fourth-order valence-corrected chi connectivity index (χ4v) is 5.36. The molecule has 38 heavy (non-hydrogen) atoms. The maximum atomic E-state index is 13.9. The van der Waals surface area contributed by atoms with E-state index < -0.39 is 0 Å². The summed E-state index contributed by atoms with van der Waals surface area (Å²) in [7, 11) is 4.00. The van der Waals surface area contributed by atoms with Crippen molar-refractivity contribution in [2.75, 3.05) is 32.9 Å². The maximum absolute atomic E-state index is 13.9. The van der Waals surface area contributed by atoms with Gasteiger partial charge in [0.2, 0.25) is 5.91 Å². The number of amides is 1. The van der Waals surface area contributed by atoms with Crippen molar-refractivity contribution in [3.63, 3.8) is 0 Å². The van der Waals surface area contributed by atoms with Crippen molar-refractivity contribution < 1.29 is 4.79 Å². The lowest BCUT2D eigenvalue weighted by Gasteiger charge is -2.33. The second kappa shape index (κ2) is 12.9. The second-order valence-corrected chi connectivity index (χ2v) is 10.6. The van der Waals surface area contributed by atoms with Crippen molar-refractivity contribution in [2.45, 2.75) is 37.6 Å². The molecule has 0 spiro atoms. The van der Waals surface area contributed by atoms with Crippen LogP contribution in [-0.2, 0) is 11.2 Å². The van der Waals surface area contributed by atoms with Crippen molar-refractivity contribution in [3.05, 3.63) is 101 Å². The molecule has 1 atom stereocenters. The van der Waals surface area contributed by atoms with Crippen LogP contribution in [0.2, 0.25) is 0 Å². The van der Waals surface area contributed by atoms with Gasteiger partial charge >= 0.3 is 0 Å². The standard InChI is InChI=1S/C31H36N4O2S/c1-5-23-16-18-24(19-17-23)35-30(32-27-15-11-10-14-26(27)31(35)37)28(6-2)34(21-20-33(3)4)29(36)22-38-25-12-8-7-9-13-25/h7-19,28H,5-6,20-22H2,1-4H3. The fourth-order valence-electron chi connectivity index (χ4n) is 4.55. The molecule has 1 unspecified atom stereocenters. The summed E-state index contributed by atoms with van der Waals surface area (Å²) >= 11 is 1.53. The first-order valence-electron chi connectivity index (χ1n) is 13.2. The van der Waals surface area contributed by atoms with Gasteiger partial charge in [0.15, 0.2) is 0 Å². The molecule has 0 aliphatic rings. The van der Waals surface area contributed by atoms with E-state index in [-0.39, 0.29) is 17.5 Å². The molecule has 0 aliphatic heterocycles. The first-order valence-corrected chi connectivity index (χ1v) is 14.1. The highest BCUT2D eigenvalue weighted by molar-refractivity contribution is 8.00. The molecule has 0 saturated carbocycles. The van der Waals surface area contributed by atoms with Crippen molar-refractivity contribution in [3.8, 4) is 5.69 Å². The maximum Gasteiger partial charge on any atom is 0.266 e. The highest BCUT2D eigenvalue weighted by Crippen LogP contribution is 2.28. The molecule has 4 rings (SSSR count). The third-order valence-electron chi connectivity index (χ3n) is 6.68. The number of hydrogen-bond acceptors (Lipinski definition) is 5. The number of hydrogen-bond donors (Lipinski definition) is 0. The predicted octanol–water partition coefficient (Wildman–Crippen LogP) is 5.58. The Bertz CT molecular complexity index is 1420. The van der Waals surface area contributed by atoms with Crippen molar-refractivity contribution >= 4 is 28.6 Å². The summed E-state index contributed by atoms with van der Waals surface area (Å²) in [6.07, 6.45) is 1.55. The molecular weight excluding hydrogens is 492 g/mol. The first kappa shape index (κ1) is 27.6. The van der Waals surface area contributed by atoms with Crippen LogP contribution in [0.5, 0.6) is 0 Å². The van der Waals surface area contributed by atoms with Crippen LogP contribution >= 0.6 is 11.8 Å². The average Bonchev–Trinajstić information content (AvgIpc) is 2.94. The lowest BCUT2D eigenvalue weighted by molar-refractivity contribution is -0.131. The number of para-hydroxylation sites is 1. The molecule has 1 heterocycles. The smallest absolute Gasteiger partial charge is 0.266 e. The Morgan fingerprint density at radius 2 is 1.61 bits per heavy atom. The number of aryl methyl sites for hydroxylation is 1. The minimum atomic E-state index is -0.359. The molecule has 198 valence electrons. The zero-order valence-electron chi connectivity index (χ0n) is 22.6. The van der Waals surface area contributed by atoms with Gasteiger partial charge in [-0.1, -0.05) is 56.3 Å². The van der Waals surface area contributed by atoms with Gasteiger partial charge in [0, 0.05) is 18.0 Å². The molecule has 0 radical (unpaired) electrons. The van der Waals surface area contributed by atoms with Gasteiger partial charge in [-0.05, 0) is 68.9 Å². The topological polar surface area (TPSA) is 58.4 Å². The van der Waals surface area contributed by atoms with E-state index >= 15 is 0 Å². The van der Waals surface area contributed by atoms with Crippen LogP contribution < -0.4 is 5.56 Å². The van der Waals surface area contributed by atoms with E-state index in [1.807, 2.05) is 97.9 Å². The highest BCUT2D eigenvalue weighted by Gasteiger charge is 2.29. The minimum absolute atomic E-state index is 0.0304. The molecule has 1 aromatic heterocycles. The number of fused-ring (bicyclic) bond motifs is 1. The molecule has 0 bridgehead atoms. The SMILES string of the molecule is CCc1ccc(-n2c(C(CC)N(CCN(C)C)C(=O)CSc3ccccc3)nc3ccccc3c2=O)cc1. The summed E-state index contributed by atoms with van der Waals surface area (Å²) in [4.78, 5) is 37.7. The lowest BCUT2D eigenvalue weighted by atomic mass is 10.1. The molecule has 1 amide bonds. The van der Waals surface area contributed by atoms with Gasteiger partial charge in [-0.15, -0.1) is 11.8 Å². The number of likely N-dealkylation sites (N-methyl/N-ethyl adjacent to an activating group) is 1. The first-order chi connectivity index (χ1) is 18.4. The normalized spacial score (nSPS) is 12.1. The Hall–Kier alpha value is -3.42. The number of nitrogens with zero attached hydrogens (tertiary/aromatic N) is 4. The van der Waals surface area contributed by atoms with Crippen LogP contribution in [0.15, 0.2) is 88.6 Å². The molecule has 0 aliphatic carbocycles. The highest BCUT2D eigenvalue weighted by atomic mass is 32.2. The number of carbonyl (C=O) groups excluding carboxylic acids is 1. The predicted molar refractivity (Wildman–Crippen MR) is 157 cm³/mol. The molecule has 0 saturated heterocycles. The summed E-state index contributed by atoms with van der Waals surface area (Å²) in [6, 6.07) is 25.1. The molecule has 0 fully saturated rings. The van der Waals surface area contributed by atoms with E-state index in [4.69, 9.17) is 4.98 Å². The zero-order valence-corrected chi connectivity index (χ0v) is 23.4. The number of aromatic nitrogens is 2. The van der Waals surface area contributed by atoms with Gasteiger partial charge < -0.3 is 9.80 Å². The summed E-state index contributed by atoms with van der Waals surface area (Å²) in [5, 5.41) is 0.566. The largest absolute Gasteiger partial charge is 0.330 e. The van der Waals surface area contributed by atoms with Gasteiger partial charge in [0.25, 0.3) is 5.56 Å². The van der Waals surface area contributed by atoms with E-state index in [1.165, 1.54) is 17.3 Å². The minimum Gasteiger partial charge on any atom is -0.330 e. The molecule has 0 N–H and O–H groups in total. The van der Waals surface area contributed by atoms with Crippen LogP contribution in [0.3, 0.4) is 0 Å². The summed E-state index contributed by atoms with van der Waals surface area (Å²) < 4.78 is 1.70. The Morgan fingerprint density at radius 3 is 2.26 bits per heavy atom. The van der Waals surface area contributed by atoms with Gasteiger partial charge in [-0.25, -0.2) is 4.98 Å². The van der Waals surface area contributed by atoms with E-state index in [9.17, 15) is 9.59 Å². The number of rotatable bonds is 11. The average molecular weight is 529 g/mol. The Morgan fingerprint density at radius 1 is 0.921 bits per heavy atom. The van der Waals surface area contributed by atoms with Gasteiger partial charge in [-0.3, -0.25) is 14.2 Å². The van der Waals surface area contributed by atoms with Crippen LogP contribution in [0.1, 0.15) is 37.7 Å². The monoisotopic (exact) mass is 528 g/mol. The second-order valence-electron chi connectivity index (χ2n) is 9.56. The summed E-state index contributed by atoms with van der Waals surface area (Å²) in [5.74, 6) is 0.942. The van der Waals surface area contributed by atoms with Crippen LogP contribution in [0.25, 0.3) is 16.6 Å². The van der Waals surface area contributed by atoms with E-state index in [2.05, 4.69) is 18.7 Å². The number of carbonyl (C=O) groups is 1.